The molecular weight excluding hydrogens is 410 g/mol. The van der Waals surface area contributed by atoms with Gasteiger partial charge in [-0.3, -0.25) is 9.69 Å². The number of piperazine rings is 1. The van der Waals surface area contributed by atoms with Gasteiger partial charge >= 0.3 is 0 Å². The van der Waals surface area contributed by atoms with Gasteiger partial charge < -0.3 is 9.88 Å². The lowest BCUT2D eigenvalue weighted by Crippen LogP contribution is -2.49. The molecule has 170 valence electrons. The lowest BCUT2D eigenvalue weighted by atomic mass is 9.80. The van der Waals surface area contributed by atoms with Crippen LogP contribution in [0.15, 0.2) is 47.4 Å². The van der Waals surface area contributed by atoms with Crippen LogP contribution in [0.3, 0.4) is 0 Å². The van der Waals surface area contributed by atoms with E-state index in [-0.39, 0.29) is 5.56 Å². The van der Waals surface area contributed by atoms with Crippen LogP contribution in [-0.4, -0.2) is 41.0 Å². The number of nitriles is 1. The number of H-pyrrole nitrogens is 1. The van der Waals surface area contributed by atoms with Gasteiger partial charge in [0.15, 0.2) is 0 Å². The molecule has 0 radical (unpaired) electrons. The van der Waals surface area contributed by atoms with Crippen LogP contribution < -0.4 is 10.5 Å². The van der Waals surface area contributed by atoms with Crippen LogP contribution in [0.25, 0.3) is 10.9 Å². The van der Waals surface area contributed by atoms with Crippen molar-refractivity contribution in [3.05, 3.63) is 69.6 Å². The molecule has 1 atom stereocenters. The highest BCUT2D eigenvalue weighted by Crippen LogP contribution is 2.39. The van der Waals surface area contributed by atoms with E-state index in [0.717, 1.165) is 48.5 Å². The van der Waals surface area contributed by atoms with Crippen LogP contribution in [0, 0.1) is 24.2 Å². The number of aromatic amines is 1. The maximum Gasteiger partial charge on any atom is 0.251 e. The van der Waals surface area contributed by atoms with Crippen molar-refractivity contribution in [1.82, 2.24) is 14.9 Å². The largest absolute Gasteiger partial charge is 0.354 e. The number of nitrogens with one attached hydrogen (secondary N) is 1. The number of aryl methyl sites for hydroxylation is 1. The molecule has 3 aromatic rings. The SMILES string of the molecule is Cc1cc2ccc(C(C3CCCCC3)N3CCN(c4ccc(C#N)cn4)CC3)cc2[nH]c1=O. The van der Waals surface area contributed by atoms with Gasteiger partial charge in [-0.05, 0) is 60.9 Å². The summed E-state index contributed by atoms with van der Waals surface area (Å²) in [4.78, 5) is 24.8. The Kier molecular flexibility index (Phi) is 6.15. The van der Waals surface area contributed by atoms with E-state index in [2.05, 4.69) is 44.0 Å². The van der Waals surface area contributed by atoms with Crippen LogP contribution >= 0.6 is 0 Å². The quantitative estimate of drug-likeness (QED) is 0.643. The van der Waals surface area contributed by atoms with Gasteiger partial charge in [0.1, 0.15) is 11.9 Å². The van der Waals surface area contributed by atoms with Gasteiger partial charge in [-0.2, -0.15) is 5.26 Å². The second kappa shape index (κ2) is 9.36. The zero-order chi connectivity index (χ0) is 22.8. The average Bonchev–Trinajstić information content (AvgIpc) is 2.86. The molecule has 0 bridgehead atoms. The smallest absolute Gasteiger partial charge is 0.251 e. The van der Waals surface area contributed by atoms with E-state index in [4.69, 9.17) is 5.26 Å². The molecule has 1 saturated heterocycles. The number of anilines is 1. The van der Waals surface area contributed by atoms with E-state index in [1.165, 1.54) is 37.7 Å². The second-order valence-corrected chi connectivity index (χ2v) is 9.51. The molecule has 1 N–H and O–H groups in total. The fourth-order valence-corrected chi connectivity index (χ4v) is 5.61. The first-order chi connectivity index (χ1) is 16.1. The van der Waals surface area contributed by atoms with E-state index in [1.807, 2.05) is 25.1 Å². The topological polar surface area (TPSA) is 76.0 Å². The molecule has 5 rings (SSSR count). The van der Waals surface area contributed by atoms with Crippen molar-refractivity contribution in [1.29, 1.82) is 5.26 Å². The molecule has 1 saturated carbocycles. The second-order valence-electron chi connectivity index (χ2n) is 9.51. The molecule has 0 amide bonds. The Balaban J connectivity index is 1.40. The summed E-state index contributed by atoms with van der Waals surface area (Å²) < 4.78 is 0. The average molecular weight is 442 g/mol. The van der Waals surface area contributed by atoms with Crippen molar-refractivity contribution in [3.63, 3.8) is 0 Å². The number of hydrogen-bond donors (Lipinski definition) is 1. The standard InChI is InChI=1S/C27H31N5O/c1-19-15-22-8-9-23(16-24(22)30-27(19)33)26(21-5-3-2-4-6-21)32-13-11-31(12-14-32)25-10-7-20(17-28)18-29-25/h7-10,15-16,18,21,26H,2-6,11-14H2,1H3,(H,30,33). The number of aromatic nitrogens is 2. The predicted molar refractivity (Wildman–Crippen MR) is 131 cm³/mol. The number of rotatable bonds is 4. The molecule has 33 heavy (non-hydrogen) atoms. The molecule has 6 heteroatoms. The van der Waals surface area contributed by atoms with Gasteiger partial charge in [0.2, 0.25) is 0 Å². The number of pyridine rings is 2. The van der Waals surface area contributed by atoms with Crippen LogP contribution in [0.2, 0.25) is 0 Å². The Labute approximate surface area is 194 Å². The molecule has 2 aliphatic rings. The molecule has 2 fully saturated rings. The van der Waals surface area contributed by atoms with Crippen molar-refractivity contribution in [3.8, 4) is 6.07 Å². The summed E-state index contributed by atoms with van der Waals surface area (Å²) in [6, 6.07) is 14.9. The first-order valence-corrected chi connectivity index (χ1v) is 12.1. The zero-order valence-electron chi connectivity index (χ0n) is 19.3. The third-order valence-electron chi connectivity index (χ3n) is 7.40. The van der Waals surface area contributed by atoms with Gasteiger partial charge in [0.25, 0.3) is 5.56 Å². The van der Waals surface area contributed by atoms with Crippen molar-refractivity contribution < 1.29 is 0 Å². The van der Waals surface area contributed by atoms with Gasteiger partial charge in [0.05, 0.1) is 5.56 Å². The van der Waals surface area contributed by atoms with E-state index in [0.29, 0.717) is 17.5 Å². The van der Waals surface area contributed by atoms with Crippen LogP contribution in [0.1, 0.15) is 54.8 Å². The fraction of sp³-hybridized carbons (Fsp3) is 0.444. The molecule has 3 heterocycles. The maximum atomic E-state index is 12.2. The van der Waals surface area contributed by atoms with Crippen LogP contribution in [-0.2, 0) is 0 Å². The highest BCUT2D eigenvalue weighted by Gasteiger charge is 2.32. The monoisotopic (exact) mass is 441 g/mol. The van der Waals surface area contributed by atoms with Crippen molar-refractivity contribution in [2.75, 3.05) is 31.1 Å². The lowest BCUT2D eigenvalue weighted by Gasteiger charge is -2.44. The minimum atomic E-state index is -0.00241. The number of fused-ring (bicyclic) bond motifs is 1. The van der Waals surface area contributed by atoms with E-state index >= 15 is 0 Å². The maximum absolute atomic E-state index is 12.2. The Bertz CT molecular complexity index is 1210. The van der Waals surface area contributed by atoms with Gasteiger partial charge in [-0.15, -0.1) is 0 Å². The summed E-state index contributed by atoms with van der Waals surface area (Å²) in [5, 5.41) is 10.1. The summed E-state index contributed by atoms with van der Waals surface area (Å²) in [5.74, 6) is 1.59. The van der Waals surface area contributed by atoms with E-state index in [9.17, 15) is 4.79 Å². The summed E-state index contributed by atoms with van der Waals surface area (Å²) in [7, 11) is 0. The molecule has 2 aromatic heterocycles. The molecule has 1 aliphatic heterocycles. The Morgan fingerprint density at radius 1 is 1.06 bits per heavy atom. The van der Waals surface area contributed by atoms with Gasteiger partial charge in [0, 0.05) is 49.5 Å². The van der Waals surface area contributed by atoms with Crippen molar-refractivity contribution >= 4 is 16.7 Å². The molecule has 1 unspecified atom stereocenters. The highest BCUT2D eigenvalue weighted by atomic mass is 16.1. The summed E-state index contributed by atoms with van der Waals surface area (Å²) in [6.07, 6.45) is 8.14. The third-order valence-corrected chi connectivity index (χ3v) is 7.40. The minimum Gasteiger partial charge on any atom is -0.354 e. The van der Waals surface area contributed by atoms with E-state index < -0.39 is 0 Å². The summed E-state index contributed by atoms with van der Waals surface area (Å²) in [5.41, 5.74) is 3.60. The van der Waals surface area contributed by atoms with E-state index in [1.54, 1.807) is 6.20 Å². The molecule has 0 spiro atoms. The summed E-state index contributed by atoms with van der Waals surface area (Å²) in [6.45, 7) is 5.66. The van der Waals surface area contributed by atoms with Crippen LogP contribution in [0.4, 0.5) is 5.82 Å². The predicted octanol–water partition coefficient (Wildman–Crippen LogP) is 4.55. The molecule has 6 nitrogen and oxygen atoms in total. The zero-order valence-corrected chi connectivity index (χ0v) is 19.3. The first kappa shape index (κ1) is 21.7. The Hall–Kier alpha value is -3.17. The Morgan fingerprint density at radius 3 is 2.55 bits per heavy atom. The first-order valence-electron chi connectivity index (χ1n) is 12.1. The van der Waals surface area contributed by atoms with Crippen LogP contribution in [0.5, 0.6) is 0 Å². The molecule has 1 aromatic carbocycles. The normalized spacial score (nSPS) is 18.8. The van der Waals surface area contributed by atoms with Crippen molar-refractivity contribution in [2.45, 2.75) is 45.1 Å². The number of nitrogens with zero attached hydrogens (tertiary/aromatic N) is 4. The number of hydrogen-bond acceptors (Lipinski definition) is 5. The summed E-state index contributed by atoms with van der Waals surface area (Å²) >= 11 is 0. The molecule has 1 aliphatic carbocycles. The third kappa shape index (κ3) is 4.51. The van der Waals surface area contributed by atoms with Crippen molar-refractivity contribution in [2.24, 2.45) is 5.92 Å². The highest BCUT2D eigenvalue weighted by molar-refractivity contribution is 5.79. The lowest BCUT2D eigenvalue weighted by molar-refractivity contribution is 0.110. The minimum absolute atomic E-state index is 0.00241. The Morgan fingerprint density at radius 2 is 1.85 bits per heavy atom. The number of benzene rings is 1. The molecular formula is C27H31N5O. The van der Waals surface area contributed by atoms with Gasteiger partial charge in [-0.25, -0.2) is 4.98 Å². The fourth-order valence-electron chi connectivity index (χ4n) is 5.61. The van der Waals surface area contributed by atoms with Gasteiger partial charge in [-0.1, -0.05) is 31.4 Å².